The van der Waals surface area contributed by atoms with Gasteiger partial charge in [-0.25, -0.2) is 0 Å². The number of carbonyl (C=O) groups is 1. The number of aromatic nitrogens is 1. The van der Waals surface area contributed by atoms with Crippen LogP contribution in [0.15, 0.2) is 10.6 Å². The van der Waals surface area contributed by atoms with Gasteiger partial charge in [-0.1, -0.05) is 19.0 Å². The van der Waals surface area contributed by atoms with Gasteiger partial charge in [0.05, 0.1) is 5.69 Å². The Morgan fingerprint density at radius 2 is 2.28 bits per heavy atom. The Hall–Kier alpha value is -1.07. The van der Waals surface area contributed by atoms with Crippen LogP contribution in [0.25, 0.3) is 0 Å². The van der Waals surface area contributed by atoms with Crippen molar-refractivity contribution in [1.29, 1.82) is 0 Å². The second-order valence-corrected chi connectivity index (χ2v) is 4.98. The minimum Gasteiger partial charge on any atom is -0.351 e. The zero-order chi connectivity index (χ0) is 12.4. The van der Waals surface area contributed by atoms with E-state index in [1.54, 1.807) is 6.07 Å². The molecule has 5 nitrogen and oxygen atoms in total. The molecule has 18 heavy (non-hydrogen) atoms. The number of amides is 1. The second kappa shape index (κ2) is 6.20. The zero-order valence-corrected chi connectivity index (χ0v) is 11.5. The first kappa shape index (κ1) is 15.0. The molecule has 1 aromatic rings. The molecule has 1 aliphatic carbocycles. The van der Waals surface area contributed by atoms with Gasteiger partial charge in [0.25, 0.3) is 5.91 Å². The highest BCUT2D eigenvalue weighted by Crippen LogP contribution is 2.31. The van der Waals surface area contributed by atoms with Crippen molar-refractivity contribution in [2.45, 2.75) is 38.6 Å². The Morgan fingerprint density at radius 1 is 1.61 bits per heavy atom. The summed E-state index contributed by atoms with van der Waals surface area (Å²) in [5, 5.41) is 6.62. The molecule has 0 bridgehead atoms. The highest BCUT2D eigenvalue weighted by Gasteiger charge is 2.28. The van der Waals surface area contributed by atoms with E-state index in [1.807, 2.05) is 13.8 Å². The second-order valence-electron chi connectivity index (χ2n) is 4.98. The molecular formula is C12H20ClN3O2. The molecule has 2 rings (SSSR count). The molecule has 1 aliphatic rings. The van der Waals surface area contributed by atoms with E-state index in [0.717, 1.165) is 5.69 Å². The molecule has 1 amide bonds. The van der Waals surface area contributed by atoms with E-state index in [2.05, 4.69) is 10.5 Å². The molecule has 3 N–H and O–H groups in total. The molecule has 1 heterocycles. The molecule has 0 spiro atoms. The minimum atomic E-state index is -0.236. The van der Waals surface area contributed by atoms with E-state index in [0.29, 0.717) is 12.5 Å². The molecule has 0 aromatic carbocycles. The normalized spacial score (nSPS) is 16.2. The number of hydrogen-bond donors (Lipinski definition) is 2. The Bertz CT molecular complexity index is 402. The molecule has 0 radical (unpaired) electrons. The Kier molecular flexibility index (Phi) is 5.16. The Labute approximate surface area is 113 Å². The summed E-state index contributed by atoms with van der Waals surface area (Å²) in [5.74, 6) is 0.863. The first-order valence-electron chi connectivity index (χ1n) is 6.08. The van der Waals surface area contributed by atoms with Crippen LogP contribution in [0, 0.1) is 5.92 Å². The lowest BCUT2D eigenvalue weighted by atomic mass is 10.1. The van der Waals surface area contributed by atoms with Crippen LogP contribution in [0.1, 0.15) is 48.9 Å². The van der Waals surface area contributed by atoms with Gasteiger partial charge in [0.1, 0.15) is 0 Å². The lowest BCUT2D eigenvalue weighted by molar-refractivity contribution is 0.0913. The van der Waals surface area contributed by atoms with Gasteiger partial charge in [-0.3, -0.25) is 4.79 Å². The van der Waals surface area contributed by atoms with Crippen molar-refractivity contribution in [1.82, 2.24) is 10.5 Å². The summed E-state index contributed by atoms with van der Waals surface area (Å²) in [6.07, 6.45) is 2.35. The lowest BCUT2D eigenvalue weighted by Crippen LogP contribution is -2.38. The average molecular weight is 274 g/mol. The summed E-state index contributed by atoms with van der Waals surface area (Å²) in [7, 11) is 0. The topological polar surface area (TPSA) is 81.2 Å². The van der Waals surface area contributed by atoms with Crippen LogP contribution in [0.5, 0.6) is 0 Å². The monoisotopic (exact) mass is 273 g/mol. The fourth-order valence-corrected chi connectivity index (χ4v) is 1.66. The van der Waals surface area contributed by atoms with Crippen LogP contribution in [-0.4, -0.2) is 23.7 Å². The number of halogens is 1. The van der Waals surface area contributed by atoms with E-state index in [-0.39, 0.29) is 36.0 Å². The van der Waals surface area contributed by atoms with Gasteiger partial charge in [0, 0.05) is 18.7 Å². The molecule has 1 fully saturated rings. The van der Waals surface area contributed by atoms with Crippen LogP contribution >= 0.6 is 12.4 Å². The van der Waals surface area contributed by atoms with Crippen LogP contribution < -0.4 is 11.1 Å². The number of carbonyl (C=O) groups excluding carboxylic acids is 1. The minimum absolute atomic E-state index is 0. The summed E-state index contributed by atoms with van der Waals surface area (Å²) < 4.78 is 4.99. The predicted octanol–water partition coefficient (Wildman–Crippen LogP) is 1.69. The van der Waals surface area contributed by atoms with Crippen LogP contribution in [0.2, 0.25) is 0 Å². The van der Waals surface area contributed by atoms with Gasteiger partial charge in [0.2, 0.25) is 5.76 Å². The van der Waals surface area contributed by atoms with Crippen molar-refractivity contribution in [3.05, 3.63) is 17.5 Å². The van der Waals surface area contributed by atoms with E-state index in [1.165, 1.54) is 12.8 Å². The number of nitrogens with one attached hydrogen (secondary N) is 1. The Morgan fingerprint density at radius 3 is 2.78 bits per heavy atom. The first-order valence-corrected chi connectivity index (χ1v) is 6.08. The lowest BCUT2D eigenvalue weighted by Gasteiger charge is -2.09. The fourth-order valence-electron chi connectivity index (χ4n) is 1.66. The van der Waals surface area contributed by atoms with E-state index in [4.69, 9.17) is 10.3 Å². The molecule has 0 aliphatic heterocycles. The number of rotatable bonds is 5. The number of hydrogen-bond acceptors (Lipinski definition) is 4. The summed E-state index contributed by atoms with van der Waals surface area (Å²) in [6.45, 7) is 4.51. The largest absolute Gasteiger partial charge is 0.351 e. The van der Waals surface area contributed by atoms with Crippen molar-refractivity contribution in [3.8, 4) is 0 Å². The molecule has 1 atom stereocenters. The number of nitrogens with zero attached hydrogens (tertiary/aromatic N) is 1. The SMILES string of the molecule is CC(C)c1cc(C(=O)NCC(N)C2CC2)on1.Cl. The Balaban J connectivity index is 0.00000162. The van der Waals surface area contributed by atoms with Gasteiger partial charge in [-0.2, -0.15) is 0 Å². The van der Waals surface area contributed by atoms with Crippen molar-refractivity contribution in [2.24, 2.45) is 11.7 Å². The standard InChI is InChI=1S/C12H19N3O2.ClH/c1-7(2)10-5-11(17-15-10)12(16)14-6-9(13)8-3-4-8;/h5,7-9H,3-4,6,13H2,1-2H3,(H,14,16);1H. The average Bonchev–Trinajstić information content (AvgIpc) is 3.02. The van der Waals surface area contributed by atoms with Crippen LogP contribution in [0.4, 0.5) is 0 Å². The maximum absolute atomic E-state index is 11.7. The molecule has 0 saturated heterocycles. The van der Waals surface area contributed by atoms with Crippen molar-refractivity contribution in [2.75, 3.05) is 6.54 Å². The highest BCUT2D eigenvalue weighted by molar-refractivity contribution is 5.91. The molecule has 1 unspecified atom stereocenters. The van der Waals surface area contributed by atoms with Gasteiger partial charge >= 0.3 is 0 Å². The summed E-state index contributed by atoms with van der Waals surface area (Å²) in [4.78, 5) is 11.7. The summed E-state index contributed by atoms with van der Waals surface area (Å²) >= 11 is 0. The summed E-state index contributed by atoms with van der Waals surface area (Å²) in [5.41, 5.74) is 6.69. The molecule has 1 aromatic heterocycles. The maximum atomic E-state index is 11.7. The van der Waals surface area contributed by atoms with Crippen molar-refractivity contribution in [3.63, 3.8) is 0 Å². The smallest absolute Gasteiger partial charge is 0.289 e. The van der Waals surface area contributed by atoms with E-state index in [9.17, 15) is 4.79 Å². The van der Waals surface area contributed by atoms with Gasteiger partial charge < -0.3 is 15.6 Å². The molecule has 1 saturated carbocycles. The van der Waals surface area contributed by atoms with Crippen molar-refractivity contribution < 1.29 is 9.32 Å². The predicted molar refractivity (Wildman–Crippen MR) is 70.9 cm³/mol. The number of nitrogens with two attached hydrogens (primary N) is 1. The van der Waals surface area contributed by atoms with Crippen molar-refractivity contribution >= 4 is 18.3 Å². The third-order valence-electron chi connectivity index (χ3n) is 3.07. The third-order valence-corrected chi connectivity index (χ3v) is 3.07. The fraction of sp³-hybridized carbons (Fsp3) is 0.667. The summed E-state index contributed by atoms with van der Waals surface area (Å²) in [6, 6.07) is 1.74. The quantitative estimate of drug-likeness (QED) is 0.855. The molecular weight excluding hydrogens is 254 g/mol. The van der Waals surface area contributed by atoms with Gasteiger partial charge in [-0.05, 0) is 24.7 Å². The molecule has 6 heteroatoms. The van der Waals surface area contributed by atoms with Gasteiger partial charge in [-0.15, -0.1) is 12.4 Å². The highest BCUT2D eigenvalue weighted by atomic mass is 35.5. The molecule has 102 valence electrons. The van der Waals surface area contributed by atoms with E-state index < -0.39 is 0 Å². The zero-order valence-electron chi connectivity index (χ0n) is 10.7. The van der Waals surface area contributed by atoms with Crippen LogP contribution in [0.3, 0.4) is 0 Å². The van der Waals surface area contributed by atoms with Gasteiger partial charge in [0.15, 0.2) is 0 Å². The first-order chi connectivity index (χ1) is 8.08. The van der Waals surface area contributed by atoms with E-state index >= 15 is 0 Å². The van der Waals surface area contributed by atoms with Crippen LogP contribution in [-0.2, 0) is 0 Å². The third kappa shape index (κ3) is 3.71. The maximum Gasteiger partial charge on any atom is 0.289 e.